The maximum absolute atomic E-state index is 13.2. The zero-order valence-corrected chi connectivity index (χ0v) is 29.6. The van der Waals surface area contributed by atoms with E-state index in [2.05, 4.69) is 16.0 Å². The number of amides is 1. The first-order valence-corrected chi connectivity index (χ1v) is 19.0. The number of carbonyl (C=O) groups excluding carboxylic acids is 2. The summed E-state index contributed by atoms with van der Waals surface area (Å²) in [6.07, 6.45) is 2.87. The van der Waals surface area contributed by atoms with Crippen LogP contribution in [0, 0.1) is 11.8 Å². The van der Waals surface area contributed by atoms with Gasteiger partial charge in [0.15, 0.2) is 0 Å². The Morgan fingerprint density at radius 1 is 1.00 bits per heavy atom. The number of alkyl halides is 3. The number of rotatable bonds is 12. The molecule has 3 fully saturated rings. The number of fused-ring (bicyclic) bond motifs is 1. The van der Waals surface area contributed by atoms with Gasteiger partial charge in [0.25, 0.3) is 0 Å². The molecule has 9 nitrogen and oxygen atoms in total. The lowest BCUT2D eigenvalue weighted by molar-refractivity contribution is -0.143. The van der Waals surface area contributed by atoms with Crippen LogP contribution >= 0.6 is 23.2 Å². The van der Waals surface area contributed by atoms with Gasteiger partial charge in [-0.25, -0.2) is 8.42 Å². The van der Waals surface area contributed by atoms with E-state index >= 15 is 0 Å². The second-order valence-electron chi connectivity index (χ2n) is 13.1. The molecule has 5 atom stereocenters. The Kier molecular flexibility index (Phi) is 12.6. The van der Waals surface area contributed by atoms with Crippen molar-refractivity contribution in [3.8, 4) is 0 Å². The van der Waals surface area contributed by atoms with Crippen molar-refractivity contribution in [3.05, 3.63) is 69.7 Å². The fourth-order valence-electron chi connectivity index (χ4n) is 7.79. The lowest BCUT2D eigenvalue weighted by Crippen LogP contribution is -2.67. The third kappa shape index (κ3) is 9.28. The average molecular weight is 748 g/mol. The Morgan fingerprint density at radius 3 is 2.14 bits per heavy atom. The molecule has 15 heteroatoms. The van der Waals surface area contributed by atoms with E-state index in [0.29, 0.717) is 33.9 Å². The predicted octanol–water partition coefficient (Wildman–Crippen LogP) is 5.61. The first-order valence-electron chi connectivity index (χ1n) is 16.8. The molecule has 270 valence electrons. The van der Waals surface area contributed by atoms with Gasteiger partial charge in [0, 0.05) is 66.1 Å². The molecule has 5 rings (SSSR count). The molecule has 0 radical (unpaired) electrons. The number of nitrogens with one attached hydrogen (secondary N) is 3. The molecule has 3 N–H and O–H groups in total. The van der Waals surface area contributed by atoms with Gasteiger partial charge in [-0.15, -0.1) is 0 Å². The number of piperidine rings is 2. The third-order valence-electron chi connectivity index (χ3n) is 10.0. The van der Waals surface area contributed by atoms with Crippen LogP contribution in [-0.4, -0.2) is 80.5 Å². The summed E-state index contributed by atoms with van der Waals surface area (Å²) in [6.45, 7) is 2.10. The number of benzene rings is 2. The predicted molar refractivity (Wildman–Crippen MR) is 182 cm³/mol. The van der Waals surface area contributed by atoms with Crippen LogP contribution in [0.25, 0.3) is 0 Å². The van der Waals surface area contributed by atoms with E-state index in [4.69, 9.17) is 27.9 Å². The smallest absolute Gasteiger partial charge is 0.466 e. The standard InChI is InChI=1S/C34H43Cl2F3N4O5S/c1-2-48-31(45)4-3-15-40-29-19-23(32(21-5-9-24(35)10-6-21)22-7-11-25(36)12-8-22)18-27-28(20-30(44)42-33(27)29)41-26-13-16-43(17-14-26)49(46,47)34(37,38)39/h5-12,23,26-29,32-33,40-41H,2-4,13-20H2,1H3,(H,42,44). The minimum absolute atomic E-state index is 0.0339. The first kappa shape index (κ1) is 37.8. The van der Waals surface area contributed by atoms with Crippen molar-refractivity contribution in [1.29, 1.82) is 0 Å². The van der Waals surface area contributed by atoms with Gasteiger partial charge in [0.05, 0.1) is 6.61 Å². The van der Waals surface area contributed by atoms with E-state index in [1.807, 2.05) is 48.5 Å². The molecule has 2 aromatic carbocycles. The highest BCUT2D eigenvalue weighted by atomic mass is 35.5. The Hall–Kier alpha value is -2.42. The minimum Gasteiger partial charge on any atom is -0.466 e. The van der Waals surface area contributed by atoms with Crippen LogP contribution in [-0.2, 0) is 24.3 Å². The fraction of sp³-hybridized carbons (Fsp3) is 0.588. The van der Waals surface area contributed by atoms with Gasteiger partial charge in [-0.3, -0.25) is 9.59 Å². The van der Waals surface area contributed by atoms with E-state index < -0.39 is 15.5 Å². The van der Waals surface area contributed by atoms with E-state index in [1.165, 1.54) is 0 Å². The number of hydrogen-bond donors (Lipinski definition) is 3. The van der Waals surface area contributed by atoms with Crippen LogP contribution in [0.5, 0.6) is 0 Å². The van der Waals surface area contributed by atoms with E-state index in [1.54, 1.807) is 6.92 Å². The Bertz CT molecular complexity index is 1490. The van der Waals surface area contributed by atoms with Gasteiger partial charge in [0.1, 0.15) is 0 Å². The van der Waals surface area contributed by atoms with E-state index in [9.17, 15) is 31.2 Å². The van der Waals surface area contributed by atoms with E-state index in [-0.39, 0.29) is 92.6 Å². The van der Waals surface area contributed by atoms with Crippen molar-refractivity contribution in [2.75, 3.05) is 26.2 Å². The highest BCUT2D eigenvalue weighted by molar-refractivity contribution is 7.90. The molecule has 49 heavy (non-hydrogen) atoms. The van der Waals surface area contributed by atoms with Crippen molar-refractivity contribution in [2.24, 2.45) is 11.8 Å². The van der Waals surface area contributed by atoms with Gasteiger partial charge in [0.2, 0.25) is 5.91 Å². The van der Waals surface area contributed by atoms with Crippen molar-refractivity contribution >= 4 is 45.1 Å². The zero-order valence-electron chi connectivity index (χ0n) is 27.2. The lowest BCUT2D eigenvalue weighted by Gasteiger charge is -2.51. The zero-order chi connectivity index (χ0) is 35.3. The molecule has 2 saturated heterocycles. The summed E-state index contributed by atoms with van der Waals surface area (Å²) in [5.41, 5.74) is -3.18. The molecule has 2 aliphatic heterocycles. The molecule has 3 aliphatic rings. The van der Waals surface area contributed by atoms with Gasteiger partial charge in [-0.2, -0.15) is 17.5 Å². The Labute approximate surface area is 295 Å². The molecule has 2 heterocycles. The molecule has 5 unspecified atom stereocenters. The topological polar surface area (TPSA) is 117 Å². The van der Waals surface area contributed by atoms with Crippen LogP contribution < -0.4 is 16.0 Å². The first-order chi connectivity index (χ1) is 23.3. The molecular formula is C34H43Cl2F3N4O5S. The van der Waals surface area contributed by atoms with Crippen LogP contribution in [0.1, 0.15) is 68.9 Å². The summed E-state index contributed by atoms with van der Waals surface area (Å²) in [4.78, 5) is 25.1. The SMILES string of the molecule is CCOC(=O)CCCNC1CC(C(c2ccc(Cl)cc2)c2ccc(Cl)cc2)CC2C(NC3CCN(S(=O)(=O)C(F)(F)F)CC3)CC(=O)NC12. The summed E-state index contributed by atoms with van der Waals surface area (Å²) in [6, 6.07) is 14.7. The van der Waals surface area contributed by atoms with Crippen LogP contribution in [0.4, 0.5) is 13.2 Å². The lowest BCUT2D eigenvalue weighted by atomic mass is 9.64. The fourth-order valence-corrected chi connectivity index (χ4v) is 9.03. The largest absolute Gasteiger partial charge is 0.511 e. The van der Waals surface area contributed by atoms with Crippen LogP contribution in [0.3, 0.4) is 0 Å². The second-order valence-corrected chi connectivity index (χ2v) is 15.9. The number of ether oxygens (including phenoxy) is 1. The van der Waals surface area contributed by atoms with Crippen LogP contribution in [0.15, 0.2) is 48.5 Å². The number of sulfonamides is 1. The third-order valence-corrected chi connectivity index (χ3v) is 12.1. The van der Waals surface area contributed by atoms with Crippen molar-refractivity contribution in [3.63, 3.8) is 0 Å². The molecule has 0 spiro atoms. The number of esters is 1. The quantitative estimate of drug-likeness (QED) is 0.191. The monoisotopic (exact) mass is 746 g/mol. The molecule has 0 aromatic heterocycles. The van der Waals surface area contributed by atoms with Crippen molar-refractivity contribution in [2.45, 2.75) is 87.5 Å². The molecule has 1 aliphatic carbocycles. The van der Waals surface area contributed by atoms with Gasteiger partial charge < -0.3 is 20.7 Å². The molecule has 1 amide bonds. The summed E-state index contributed by atoms with van der Waals surface area (Å²) in [5, 5.41) is 11.7. The maximum atomic E-state index is 13.2. The molecule has 1 saturated carbocycles. The second kappa shape index (κ2) is 16.3. The molecule has 2 aromatic rings. The summed E-state index contributed by atoms with van der Waals surface area (Å²) in [7, 11) is -5.40. The normalized spacial score (nSPS) is 25.5. The number of nitrogens with zero attached hydrogens (tertiary/aromatic N) is 1. The minimum atomic E-state index is -5.40. The highest BCUT2D eigenvalue weighted by Gasteiger charge is 2.51. The molecule has 0 bridgehead atoms. The van der Waals surface area contributed by atoms with Gasteiger partial charge in [-0.05, 0) is 92.8 Å². The van der Waals surface area contributed by atoms with Crippen LogP contribution in [0.2, 0.25) is 10.0 Å². The van der Waals surface area contributed by atoms with Gasteiger partial charge in [-0.1, -0.05) is 47.5 Å². The van der Waals surface area contributed by atoms with E-state index in [0.717, 1.165) is 24.0 Å². The number of carbonyl (C=O) groups is 2. The number of halogens is 5. The summed E-state index contributed by atoms with van der Waals surface area (Å²) in [5.74, 6) is -0.367. The molecular weight excluding hydrogens is 704 g/mol. The summed E-state index contributed by atoms with van der Waals surface area (Å²) < 4.78 is 69.2. The Morgan fingerprint density at radius 2 is 1.59 bits per heavy atom. The maximum Gasteiger partial charge on any atom is 0.511 e. The van der Waals surface area contributed by atoms with Gasteiger partial charge >= 0.3 is 21.5 Å². The number of hydrogen-bond acceptors (Lipinski definition) is 7. The average Bonchev–Trinajstić information content (AvgIpc) is 3.05. The highest BCUT2D eigenvalue weighted by Crippen LogP contribution is 2.45. The van der Waals surface area contributed by atoms with Crippen molar-refractivity contribution < 1.29 is 35.9 Å². The summed E-state index contributed by atoms with van der Waals surface area (Å²) >= 11 is 12.6. The van der Waals surface area contributed by atoms with Crippen molar-refractivity contribution in [1.82, 2.24) is 20.3 Å². The Balaban J connectivity index is 1.40.